The molecule has 0 fully saturated rings. The summed E-state index contributed by atoms with van der Waals surface area (Å²) in [5, 5.41) is 8.90. The van der Waals surface area contributed by atoms with Crippen LogP contribution in [-0.2, 0) is 17.8 Å². The third kappa shape index (κ3) is 7.56. The molecule has 2 rings (SSSR count). The van der Waals surface area contributed by atoms with Crippen LogP contribution in [0.2, 0.25) is 5.02 Å². The molecule has 150 valence electrons. The molecule has 0 bridgehead atoms. The largest absolute Gasteiger partial charge is 0.354 e. The first-order valence-corrected chi connectivity index (χ1v) is 9.66. The van der Waals surface area contributed by atoms with Crippen molar-refractivity contribution in [1.82, 2.24) is 16.0 Å². The maximum absolute atomic E-state index is 12.9. The summed E-state index contributed by atoms with van der Waals surface area (Å²) in [5.41, 5.74) is 1.81. The molecule has 28 heavy (non-hydrogen) atoms. The number of carbonyl (C=O) groups is 2. The van der Waals surface area contributed by atoms with Gasteiger partial charge in [0.25, 0.3) is 0 Å². The Hall–Kier alpha value is -2.60. The second-order valence-electron chi connectivity index (χ2n) is 6.47. The number of benzene rings is 2. The fourth-order valence-electron chi connectivity index (χ4n) is 2.70. The molecule has 0 radical (unpaired) electrons. The van der Waals surface area contributed by atoms with Gasteiger partial charge in [0.2, 0.25) is 5.91 Å². The van der Waals surface area contributed by atoms with Crippen LogP contribution in [0.5, 0.6) is 0 Å². The standard InChI is InChI=1S/C21H25ClFN3O2/c1-2-4-19(20(27)24-12-11-15-5-3-6-17(22)13-15)26-21(28)25-14-16-7-9-18(23)10-8-16/h3,5-10,13,19H,2,4,11-12,14H2,1H3,(H,24,27)(H2,25,26,28). The van der Waals surface area contributed by atoms with Crippen molar-refractivity contribution in [2.24, 2.45) is 0 Å². The van der Waals surface area contributed by atoms with Crippen molar-refractivity contribution in [2.45, 2.75) is 38.8 Å². The van der Waals surface area contributed by atoms with Gasteiger partial charge in [-0.15, -0.1) is 0 Å². The predicted octanol–water partition coefficient (Wildman–Crippen LogP) is 3.81. The lowest BCUT2D eigenvalue weighted by Crippen LogP contribution is -2.50. The Morgan fingerprint density at radius 1 is 1.07 bits per heavy atom. The van der Waals surface area contributed by atoms with Crippen LogP contribution >= 0.6 is 11.6 Å². The molecule has 0 aliphatic rings. The summed E-state index contributed by atoms with van der Waals surface area (Å²) in [6.07, 6.45) is 1.94. The first-order chi connectivity index (χ1) is 13.5. The van der Waals surface area contributed by atoms with Crippen LogP contribution in [0.4, 0.5) is 9.18 Å². The van der Waals surface area contributed by atoms with Gasteiger partial charge < -0.3 is 16.0 Å². The monoisotopic (exact) mass is 405 g/mol. The Morgan fingerprint density at radius 2 is 1.82 bits per heavy atom. The van der Waals surface area contributed by atoms with Crippen LogP contribution in [0.25, 0.3) is 0 Å². The fourth-order valence-corrected chi connectivity index (χ4v) is 2.91. The maximum atomic E-state index is 12.9. The van der Waals surface area contributed by atoms with Crippen LogP contribution < -0.4 is 16.0 Å². The van der Waals surface area contributed by atoms with Gasteiger partial charge in [0, 0.05) is 18.1 Å². The average molecular weight is 406 g/mol. The van der Waals surface area contributed by atoms with E-state index in [4.69, 9.17) is 11.6 Å². The highest BCUT2D eigenvalue weighted by atomic mass is 35.5. The van der Waals surface area contributed by atoms with Crippen LogP contribution in [0.3, 0.4) is 0 Å². The Bertz CT molecular complexity index is 783. The number of hydrogen-bond acceptors (Lipinski definition) is 2. The van der Waals surface area contributed by atoms with Crippen LogP contribution in [0, 0.1) is 5.82 Å². The van der Waals surface area contributed by atoms with Crippen molar-refractivity contribution in [1.29, 1.82) is 0 Å². The van der Waals surface area contributed by atoms with Crippen molar-refractivity contribution in [2.75, 3.05) is 6.54 Å². The van der Waals surface area contributed by atoms with E-state index in [1.165, 1.54) is 12.1 Å². The molecule has 0 spiro atoms. The van der Waals surface area contributed by atoms with E-state index in [0.29, 0.717) is 24.4 Å². The van der Waals surface area contributed by atoms with Gasteiger partial charge in [-0.25, -0.2) is 9.18 Å². The van der Waals surface area contributed by atoms with E-state index in [-0.39, 0.29) is 18.3 Å². The molecular formula is C21H25ClFN3O2. The number of rotatable bonds is 9. The van der Waals surface area contributed by atoms with Crippen molar-refractivity contribution < 1.29 is 14.0 Å². The minimum atomic E-state index is -0.613. The number of halogens is 2. The quantitative estimate of drug-likeness (QED) is 0.593. The first kappa shape index (κ1) is 21.7. The zero-order valence-corrected chi connectivity index (χ0v) is 16.6. The molecular weight excluding hydrogens is 381 g/mol. The molecule has 0 heterocycles. The first-order valence-electron chi connectivity index (χ1n) is 9.29. The second-order valence-corrected chi connectivity index (χ2v) is 6.90. The minimum absolute atomic E-state index is 0.221. The van der Waals surface area contributed by atoms with Gasteiger partial charge in [-0.3, -0.25) is 4.79 Å². The van der Waals surface area contributed by atoms with Gasteiger partial charge in [-0.2, -0.15) is 0 Å². The zero-order valence-electron chi connectivity index (χ0n) is 15.8. The molecule has 2 aromatic carbocycles. The highest BCUT2D eigenvalue weighted by Crippen LogP contribution is 2.10. The van der Waals surface area contributed by atoms with Gasteiger partial charge >= 0.3 is 6.03 Å². The molecule has 0 saturated carbocycles. The minimum Gasteiger partial charge on any atom is -0.354 e. The average Bonchev–Trinajstić information content (AvgIpc) is 2.67. The predicted molar refractivity (Wildman–Crippen MR) is 109 cm³/mol. The van der Waals surface area contributed by atoms with Gasteiger partial charge in [0.15, 0.2) is 0 Å². The van der Waals surface area contributed by atoms with E-state index >= 15 is 0 Å². The summed E-state index contributed by atoms with van der Waals surface area (Å²) < 4.78 is 12.9. The Morgan fingerprint density at radius 3 is 2.50 bits per heavy atom. The lowest BCUT2D eigenvalue weighted by molar-refractivity contribution is -0.123. The molecule has 7 heteroatoms. The zero-order chi connectivity index (χ0) is 20.4. The Labute approximate surface area is 169 Å². The number of amides is 3. The molecule has 5 nitrogen and oxygen atoms in total. The van der Waals surface area contributed by atoms with Gasteiger partial charge in [0.05, 0.1) is 0 Å². The third-order valence-corrected chi connectivity index (χ3v) is 4.40. The summed E-state index contributed by atoms with van der Waals surface area (Å²) in [6, 6.07) is 12.3. The van der Waals surface area contributed by atoms with Crippen LogP contribution in [-0.4, -0.2) is 24.5 Å². The summed E-state index contributed by atoms with van der Waals surface area (Å²) in [6.45, 7) is 2.66. The fraction of sp³-hybridized carbons (Fsp3) is 0.333. The molecule has 0 aromatic heterocycles. The second kappa shape index (κ2) is 11.3. The van der Waals surface area contributed by atoms with Gasteiger partial charge in [-0.1, -0.05) is 49.2 Å². The van der Waals surface area contributed by atoms with Gasteiger partial charge in [0.1, 0.15) is 11.9 Å². The molecule has 0 saturated heterocycles. The van der Waals surface area contributed by atoms with E-state index in [1.807, 2.05) is 25.1 Å². The molecule has 0 aliphatic heterocycles. The van der Waals surface area contributed by atoms with E-state index < -0.39 is 12.1 Å². The van der Waals surface area contributed by atoms with Crippen LogP contribution in [0.15, 0.2) is 48.5 Å². The maximum Gasteiger partial charge on any atom is 0.315 e. The number of nitrogens with one attached hydrogen (secondary N) is 3. The summed E-state index contributed by atoms with van der Waals surface area (Å²) in [4.78, 5) is 24.5. The third-order valence-electron chi connectivity index (χ3n) is 4.17. The van der Waals surface area contributed by atoms with Crippen molar-refractivity contribution in [3.05, 3.63) is 70.5 Å². The van der Waals surface area contributed by atoms with E-state index in [9.17, 15) is 14.0 Å². The van der Waals surface area contributed by atoms with E-state index in [1.54, 1.807) is 18.2 Å². The SMILES string of the molecule is CCCC(NC(=O)NCc1ccc(F)cc1)C(=O)NCCc1cccc(Cl)c1. The van der Waals surface area contributed by atoms with E-state index in [0.717, 1.165) is 17.5 Å². The number of hydrogen-bond donors (Lipinski definition) is 3. The smallest absolute Gasteiger partial charge is 0.315 e. The molecule has 0 aliphatic carbocycles. The summed E-state index contributed by atoms with van der Waals surface area (Å²) in [7, 11) is 0. The Balaban J connectivity index is 1.78. The molecule has 1 unspecified atom stereocenters. The number of carbonyl (C=O) groups excluding carboxylic acids is 2. The lowest BCUT2D eigenvalue weighted by Gasteiger charge is -2.18. The van der Waals surface area contributed by atoms with Crippen molar-refractivity contribution in [3.8, 4) is 0 Å². The molecule has 3 N–H and O–H groups in total. The lowest BCUT2D eigenvalue weighted by atomic mass is 10.1. The number of urea groups is 1. The van der Waals surface area contributed by atoms with E-state index in [2.05, 4.69) is 16.0 Å². The molecule has 2 aromatic rings. The Kier molecular flexibility index (Phi) is 8.75. The highest BCUT2D eigenvalue weighted by molar-refractivity contribution is 6.30. The highest BCUT2D eigenvalue weighted by Gasteiger charge is 2.19. The molecule has 1 atom stereocenters. The van der Waals surface area contributed by atoms with Crippen molar-refractivity contribution >= 4 is 23.5 Å². The summed E-state index contributed by atoms with van der Waals surface area (Å²) >= 11 is 5.96. The normalized spacial score (nSPS) is 11.5. The molecule has 3 amide bonds. The van der Waals surface area contributed by atoms with Gasteiger partial charge in [-0.05, 0) is 48.2 Å². The van der Waals surface area contributed by atoms with Crippen molar-refractivity contribution in [3.63, 3.8) is 0 Å². The summed E-state index contributed by atoms with van der Waals surface area (Å²) in [5.74, 6) is -0.550. The topological polar surface area (TPSA) is 70.2 Å². The van der Waals surface area contributed by atoms with Crippen LogP contribution in [0.1, 0.15) is 30.9 Å².